The Morgan fingerprint density at radius 2 is 0.800 bits per heavy atom. The Hall–Kier alpha value is -0.790. The summed E-state index contributed by atoms with van der Waals surface area (Å²) in [6.07, 6.45) is 45.7. The molecule has 1 aromatic rings. The smallest absolute Gasteiger partial charge is 0.247 e. The van der Waals surface area contributed by atoms with Crippen LogP contribution in [0.4, 0.5) is 0 Å². The second-order valence-electron chi connectivity index (χ2n) is 13.3. The Morgan fingerprint density at radius 3 is 1.18 bits per heavy atom. The number of aromatic amines is 1. The van der Waals surface area contributed by atoms with Crippen LogP contribution in [0.15, 0.2) is 12.4 Å². The average molecular weight is 560 g/mol. The molecule has 0 bridgehead atoms. The Balaban J connectivity index is 2.41. The first-order valence-corrected chi connectivity index (χ1v) is 18.8. The highest BCUT2D eigenvalue weighted by molar-refractivity contribution is 4.90. The fourth-order valence-electron chi connectivity index (χ4n) is 6.60. The van der Waals surface area contributed by atoms with Crippen molar-refractivity contribution in [2.45, 2.75) is 226 Å². The maximum Gasteiger partial charge on any atom is 0.257 e. The van der Waals surface area contributed by atoms with Crippen molar-refractivity contribution >= 4 is 0 Å². The maximum atomic E-state index is 3.74. The van der Waals surface area contributed by atoms with Crippen LogP contribution in [-0.2, 0) is 0 Å². The lowest BCUT2D eigenvalue weighted by molar-refractivity contribution is -0.727. The summed E-state index contributed by atoms with van der Waals surface area (Å²) in [5.74, 6) is 2.24. The van der Waals surface area contributed by atoms with E-state index in [4.69, 9.17) is 0 Å². The average Bonchev–Trinajstić information content (AvgIpc) is 3.45. The van der Waals surface area contributed by atoms with Crippen LogP contribution in [0.3, 0.4) is 0 Å². The second-order valence-corrected chi connectivity index (χ2v) is 13.3. The molecule has 0 aliphatic heterocycles. The van der Waals surface area contributed by atoms with E-state index in [-0.39, 0.29) is 0 Å². The van der Waals surface area contributed by atoms with Crippen molar-refractivity contribution in [3.63, 3.8) is 0 Å². The third-order valence-corrected chi connectivity index (χ3v) is 9.39. The fourth-order valence-corrected chi connectivity index (χ4v) is 6.60. The van der Waals surface area contributed by atoms with Gasteiger partial charge < -0.3 is 0 Å². The van der Waals surface area contributed by atoms with Crippen LogP contribution >= 0.6 is 0 Å². The normalized spacial score (nSPS) is 13.2. The van der Waals surface area contributed by atoms with Gasteiger partial charge in [-0.25, -0.2) is 9.55 Å². The summed E-state index contributed by atoms with van der Waals surface area (Å²) in [5.41, 5.74) is 0. The minimum atomic E-state index is 0.621. The molecule has 0 saturated heterocycles. The quantitative estimate of drug-likeness (QED) is 0.0689. The predicted molar refractivity (Wildman–Crippen MR) is 179 cm³/mol. The first-order chi connectivity index (χ1) is 19.7. The van der Waals surface area contributed by atoms with Gasteiger partial charge in [0.05, 0.1) is 12.0 Å². The standard InChI is InChI=1S/C38H74N2/c1-5-8-11-14-17-19-20-22-24-27-30-33-37(32-29-26-16-13-10-7-3)38-39-34-35-40(38)36(4)31-28-25-23-21-18-15-12-9-6-2/h34-37H,5-33H2,1-4H3/p+1. The van der Waals surface area contributed by atoms with Gasteiger partial charge >= 0.3 is 0 Å². The summed E-state index contributed by atoms with van der Waals surface area (Å²) < 4.78 is 2.63. The van der Waals surface area contributed by atoms with Gasteiger partial charge in [0.15, 0.2) is 0 Å². The minimum absolute atomic E-state index is 0.621. The molecule has 1 aromatic heterocycles. The summed E-state index contributed by atoms with van der Waals surface area (Å²) in [6, 6.07) is 0.621. The van der Waals surface area contributed by atoms with E-state index >= 15 is 0 Å². The highest BCUT2D eigenvalue weighted by atomic mass is 15.1. The zero-order valence-electron chi connectivity index (χ0n) is 28.3. The molecule has 0 amide bonds. The molecule has 1 rings (SSSR count). The molecule has 40 heavy (non-hydrogen) atoms. The van der Waals surface area contributed by atoms with Gasteiger partial charge in [-0.3, -0.25) is 0 Å². The molecule has 2 unspecified atom stereocenters. The molecule has 1 N–H and O–H groups in total. The van der Waals surface area contributed by atoms with Crippen molar-refractivity contribution in [1.82, 2.24) is 4.98 Å². The van der Waals surface area contributed by atoms with E-state index in [9.17, 15) is 0 Å². The van der Waals surface area contributed by atoms with Gasteiger partial charge in [0.2, 0.25) is 0 Å². The van der Waals surface area contributed by atoms with Gasteiger partial charge in [-0.2, -0.15) is 0 Å². The highest BCUT2D eigenvalue weighted by Gasteiger charge is 2.25. The topological polar surface area (TPSA) is 19.7 Å². The van der Waals surface area contributed by atoms with Crippen LogP contribution in [0, 0.1) is 0 Å². The lowest BCUT2D eigenvalue weighted by atomic mass is 9.92. The van der Waals surface area contributed by atoms with Crippen molar-refractivity contribution in [3.8, 4) is 0 Å². The van der Waals surface area contributed by atoms with Crippen LogP contribution in [0.2, 0.25) is 0 Å². The number of nitrogens with one attached hydrogen (secondary N) is 1. The van der Waals surface area contributed by atoms with Crippen molar-refractivity contribution in [3.05, 3.63) is 18.2 Å². The van der Waals surface area contributed by atoms with E-state index in [1.807, 2.05) is 0 Å². The molecular weight excluding hydrogens is 484 g/mol. The van der Waals surface area contributed by atoms with Crippen molar-refractivity contribution in [1.29, 1.82) is 0 Å². The number of unbranched alkanes of at least 4 members (excludes halogenated alkanes) is 23. The number of hydrogen-bond acceptors (Lipinski definition) is 0. The number of rotatable bonds is 31. The monoisotopic (exact) mass is 560 g/mol. The van der Waals surface area contributed by atoms with Crippen LogP contribution in [0.25, 0.3) is 0 Å². The summed E-state index contributed by atoms with van der Waals surface area (Å²) >= 11 is 0. The van der Waals surface area contributed by atoms with E-state index in [1.54, 1.807) is 0 Å². The third kappa shape index (κ3) is 20.1. The molecule has 0 spiro atoms. The lowest BCUT2D eigenvalue weighted by Gasteiger charge is -2.17. The zero-order valence-corrected chi connectivity index (χ0v) is 28.3. The molecular formula is C38H75N2+. The number of imidazole rings is 1. The molecule has 1 heterocycles. The van der Waals surface area contributed by atoms with Crippen molar-refractivity contribution in [2.75, 3.05) is 0 Å². The van der Waals surface area contributed by atoms with Gasteiger partial charge in [-0.1, -0.05) is 181 Å². The molecule has 2 heteroatoms. The SMILES string of the molecule is CCCCCCCCCCCCCC(CCCCCCCC)c1[nH]cc[n+]1C(C)CCCCCCCCCCC. The zero-order chi connectivity index (χ0) is 28.9. The number of nitrogens with zero attached hydrogens (tertiary/aromatic N) is 1. The molecule has 2 nitrogen and oxygen atoms in total. The maximum absolute atomic E-state index is 3.74. The predicted octanol–water partition coefficient (Wildman–Crippen LogP) is 13.3. The van der Waals surface area contributed by atoms with Crippen LogP contribution in [-0.4, -0.2) is 4.98 Å². The van der Waals surface area contributed by atoms with E-state index in [0.717, 1.165) is 0 Å². The second kappa shape index (κ2) is 28.3. The molecule has 2 atom stereocenters. The molecule has 0 radical (unpaired) electrons. The number of aromatic nitrogens is 2. The van der Waals surface area contributed by atoms with E-state index in [0.29, 0.717) is 12.0 Å². The largest absolute Gasteiger partial charge is 0.257 e. The van der Waals surface area contributed by atoms with Gasteiger partial charge in [0.1, 0.15) is 12.4 Å². The van der Waals surface area contributed by atoms with Gasteiger partial charge in [0.25, 0.3) is 5.82 Å². The van der Waals surface area contributed by atoms with Gasteiger partial charge in [-0.15, -0.1) is 0 Å². The van der Waals surface area contributed by atoms with Crippen LogP contribution < -0.4 is 4.57 Å². The Morgan fingerprint density at radius 1 is 0.475 bits per heavy atom. The number of H-pyrrole nitrogens is 1. The summed E-state index contributed by atoms with van der Waals surface area (Å²) in [5, 5.41) is 0. The highest BCUT2D eigenvalue weighted by Crippen LogP contribution is 2.27. The van der Waals surface area contributed by atoms with E-state index < -0.39 is 0 Å². The third-order valence-electron chi connectivity index (χ3n) is 9.39. The summed E-state index contributed by atoms with van der Waals surface area (Å²) in [7, 11) is 0. The Bertz CT molecular complexity index is 621. The Kier molecular flexibility index (Phi) is 26.4. The van der Waals surface area contributed by atoms with Gasteiger partial charge in [0, 0.05) is 0 Å². The van der Waals surface area contributed by atoms with Crippen LogP contribution in [0.5, 0.6) is 0 Å². The molecule has 0 aromatic carbocycles. The lowest BCUT2D eigenvalue weighted by Crippen LogP contribution is -2.41. The fraction of sp³-hybridized carbons (Fsp3) is 0.921. The number of hydrogen-bond donors (Lipinski definition) is 1. The first-order valence-electron chi connectivity index (χ1n) is 18.8. The van der Waals surface area contributed by atoms with Crippen LogP contribution in [0.1, 0.15) is 232 Å². The summed E-state index contributed by atoms with van der Waals surface area (Å²) in [6.45, 7) is 9.41. The van der Waals surface area contributed by atoms with Crippen molar-refractivity contribution < 1.29 is 4.57 Å². The van der Waals surface area contributed by atoms with Gasteiger partial charge in [-0.05, 0) is 32.6 Å². The molecule has 0 aliphatic carbocycles. The summed E-state index contributed by atoms with van der Waals surface area (Å²) in [4.78, 5) is 3.74. The van der Waals surface area contributed by atoms with Crippen molar-refractivity contribution in [2.24, 2.45) is 0 Å². The van der Waals surface area contributed by atoms with E-state index in [1.165, 1.54) is 192 Å². The molecule has 0 saturated carbocycles. The minimum Gasteiger partial charge on any atom is -0.247 e. The molecule has 236 valence electrons. The molecule has 0 fully saturated rings. The first kappa shape index (κ1) is 37.2. The molecule has 0 aliphatic rings. The van der Waals surface area contributed by atoms with E-state index in [2.05, 4.69) is 49.6 Å². The Labute approximate surface area is 253 Å².